The lowest BCUT2D eigenvalue weighted by atomic mass is 10.1. The summed E-state index contributed by atoms with van der Waals surface area (Å²) >= 11 is 3.48. The fourth-order valence-corrected chi connectivity index (χ4v) is 4.08. The Kier molecular flexibility index (Phi) is 6.00. The van der Waals surface area contributed by atoms with Gasteiger partial charge in [-0.3, -0.25) is 9.36 Å². The third kappa shape index (κ3) is 4.31. The Morgan fingerprint density at radius 3 is 2.47 bits per heavy atom. The monoisotopic (exact) mass is 461 g/mol. The minimum Gasteiger partial charge on any atom is -0.331 e. The van der Waals surface area contributed by atoms with Crippen molar-refractivity contribution in [3.63, 3.8) is 0 Å². The van der Waals surface area contributed by atoms with Crippen LogP contribution in [0.1, 0.15) is 30.0 Å². The van der Waals surface area contributed by atoms with Gasteiger partial charge in [0.2, 0.25) is 0 Å². The van der Waals surface area contributed by atoms with Crippen molar-refractivity contribution in [2.45, 2.75) is 20.4 Å². The molecule has 0 N–H and O–H groups in total. The van der Waals surface area contributed by atoms with E-state index >= 15 is 0 Å². The second-order valence-corrected chi connectivity index (χ2v) is 8.69. The standard InChI is InChI=1S/C25H24BrN3O/c1-18(2)16-28(25(30)19-9-8-10-20(26)15-19)17-24-27-22-13-6-7-14-23(22)29(24)21-11-4-3-5-12-21/h3-15,18H,16-17H2,1-2H3. The number of carbonyl (C=O) groups is 1. The summed E-state index contributed by atoms with van der Waals surface area (Å²) in [6, 6.07) is 25.8. The summed E-state index contributed by atoms with van der Waals surface area (Å²) in [5.74, 6) is 1.21. The molecule has 152 valence electrons. The zero-order valence-electron chi connectivity index (χ0n) is 17.1. The SMILES string of the molecule is CC(C)CN(Cc1nc2ccccc2n1-c1ccccc1)C(=O)c1cccc(Br)c1. The number of amides is 1. The Hall–Kier alpha value is -2.92. The molecule has 0 radical (unpaired) electrons. The van der Waals surface area contributed by atoms with E-state index in [0.29, 0.717) is 24.6 Å². The average molecular weight is 462 g/mol. The van der Waals surface area contributed by atoms with Gasteiger partial charge in [-0.1, -0.05) is 66.2 Å². The molecule has 3 aromatic carbocycles. The van der Waals surface area contributed by atoms with Crippen molar-refractivity contribution in [3.8, 4) is 5.69 Å². The third-order valence-corrected chi connectivity index (χ3v) is 5.41. The van der Waals surface area contributed by atoms with Crippen LogP contribution in [-0.2, 0) is 6.54 Å². The Morgan fingerprint density at radius 1 is 1.00 bits per heavy atom. The number of fused-ring (bicyclic) bond motifs is 1. The zero-order valence-corrected chi connectivity index (χ0v) is 18.7. The first kappa shape index (κ1) is 20.4. The lowest BCUT2D eigenvalue weighted by molar-refractivity contribution is 0.0717. The molecular formula is C25H24BrN3O. The van der Waals surface area contributed by atoms with E-state index in [9.17, 15) is 4.79 Å². The van der Waals surface area contributed by atoms with Gasteiger partial charge < -0.3 is 4.90 Å². The molecule has 0 aliphatic heterocycles. The minimum absolute atomic E-state index is 0.0108. The molecule has 0 aliphatic rings. The third-order valence-electron chi connectivity index (χ3n) is 4.92. The highest BCUT2D eigenvalue weighted by Gasteiger charge is 2.21. The predicted octanol–water partition coefficient (Wildman–Crippen LogP) is 6.09. The number of benzene rings is 3. The molecule has 5 heteroatoms. The van der Waals surface area contributed by atoms with Gasteiger partial charge in [0, 0.05) is 22.3 Å². The number of nitrogens with zero attached hydrogens (tertiary/aromatic N) is 3. The Bertz CT molecular complexity index is 1170. The first-order valence-corrected chi connectivity index (χ1v) is 10.9. The van der Waals surface area contributed by atoms with Crippen molar-refractivity contribution >= 4 is 32.9 Å². The highest BCUT2D eigenvalue weighted by molar-refractivity contribution is 9.10. The normalized spacial score (nSPS) is 11.2. The highest BCUT2D eigenvalue weighted by atomic mass is 79.9. The smallest absolute Gasteiger partial charge is 0.254 e. The van der Waals surface area contributed by atoms with Gasteiger partial charge in [0.1, 0.15) is 5.82 Å². The van der Waals surface area contributed by atoms with Crippen molar-refractivity contribution in [2.75, 3.05) is 6.54 Å². The van der Waals surface area contributed by atoms with E-state index in [2.05, 4.69) is 52.5 Å². The van der Waals surface area contributed by atoms with Crippen LogP contribution in [0.15, 0.2) is 83.3 Å². The van der Waals surface area contributed by atoms with Crippen LogP contribution in [0, 0.1) is 5.92 Å². The summed E-state index contributed by atoms with van der Waals surface area (Å²) in [5, 5.41) is 0. The van der Waals surface area contributed by atoms with E-state index < -0.39 is 0 Å². The molecule has 4 aromatic rings. The van der Waals surface area contributed by atoms with E-state index in [1.54, 1.807) is 0 Å². The molecule has 0 fully saturated rings. The molecule has 1 heterocycles. The largest absolute Gasteiger partial charge is 0.331 e. The zero-order chi connectivity index (χ0) is 21.1. The van der Waals surface area contributed by atoms with Crippen molar-refractivity contribution in [2.24, 2.45) is 5.92 Å². The predicted molar refractivity (Wildman–Crippen MR) is 125 cm³/mol. The van der Waals surface area contributed by atoms with Crippen LogP contribution in [0.4, 0.5) is 0 Å². The fraction of sp³-hybridized carbons (Fsp3) is 0.200. The number of carbonyl (C=O) groups excluding carboxylic acids is 1. The van der Waals surface area contributed by atoms with E-state index in [1.165, 1.54) is 0 Å². The van der Waals surface area contributed by atoms with Gasteiger partial charge in [-0.25, -0.2) is 4.98 Å². The van der Waals surface area contributed by atoms with Crippen LogP contribution >= 0.6 is 15.9 Å². The van der Waals surface area contributed by atoms with Crippen LogP contribution < -0.4 is 0 Å². The highest BCUT2D eigenvalue weighted by Crippen LogP contribution is 2.24. The van der Waals surface area contributed by atoms with E-state index in [-0.39, 0.29) is 5.91 Å². The first-order valence-electron chi connectivity index (χ1n) is 10.1. The first-order chi connectivity index (χ1) is 14.5. The molecule has 1 aromatic heterocycles. The number of hydrogen-bond acceptors (Lipinski definition) is 2. The Balaban J connectivity index is 1.77. The summed E-state index contributed by atoms with van der Waals surface area (Å²) < 4.78 is 3.05. The maximum absolute atomic E-state index is 13.4. The maximum atomic E-state index is 13.4. The summed E-state index contributed by atoms with van der Waals surface area (Å²) in [4.78, 5) is 20.2. The summed E-state index contributed by atoms with van der Waals surface area (Å²) in [6.45, 7) is 5.35. The number of halogens is 1. The average Bonchev–Trinajstić information content (AvgIpc) is 3.11. The van der Waals surface area contributed by atoms with Gasteiger partial charge >= 0.3 is 0 Å². The molecular weight excluding hydrogens is 438 g/mol. The number of aromatic nitrogens is 2. The lowest BCUT2D eigenvalue weighted by Crippen LogP contribution is -2.34. The minimum atomic E-state index is 0.0108. The Morgan fingerprint density at radius 2 is 1.73 bits per heavy atom. The topological polar surface area (TPSA) is 38.1 Å². The van der Waals surface area contributed by atoms with Crippen molar-refractivity contribution in [3.05, 3.63) is 94.7 Å². The molecule has 0 atom stereocenters. The van der Waals surface area contributed by atoms with Gasteiger partial charge in [-0.05, 0) is 48.4 Å². The van der Waals surface area contributed by atoms with Crippen molar-refractivity contribution in [1.82, 2.24) is 14.5 Å². The maximum Gasteiger partial charge on any atom is 0.254 e. The van der Waals surface area contributed by atoms with Crippen LogP contribution in [0.5, 0.6) is 0 Å². The number of hydrogen-bond donors (Lipinski definition) is 0. The van der Waals surface area contributed by atoms with Crippen LogP contribution in [-0.4, -0.2) is 26.9 Å². The molecule has 1 amide bonds. The second kappa shape index (κ2) is 8.84. The number of rotatable bonds is 6. The van der Waals surface area contributed by atoms with Gasteiger partial charge in [0.05, 0.1) is 17.6 Å². The van der Waals surface area contributed by atoms with Crippen LogP contribution in [0.2, 0.25) is 0 Å². The molecule has 0 unspecified atom stereocenters. The van der Waals surface area contributed by atoms with E-state index in [0.717, 1.165) is 27.0 Å². The molecule has 0 saturated heterocycles. The molecule has 30 heavy (non-hydrogen) atoms. The lowest BCUT2D eigenvalue weighted by Gasteiger charge is -2.25. The number of imidazole rings is 1. The quantitative estimate of drug-likeness (QED) is 0.348. The number of para-hydroxylation sites is 3. The second-order valence-electron chi connectivity index (χ2n) is 7.78. The van der Waals surface area contributed by atoms with Crippen molar-refractivity contribution < 1.29 is 4.79 Å². The van der Waals surface area contributed by atoms with Crippen LogP contribution in [0.3, 0.4) is 0 Å². The molecule has 0 aliphatic carbocycles. The molecule has 0 bridgehead atoms. The fourth-order valence-electron chi connectivity index (χ4n) is 3.68. The van der Waals surface area contributed by atoms with Gasteiger partial charge in [0.15, 0.2) is 0 Å². The Labute approximate surface area is 185 Å². The summed E-state index contributed by atoms with van der Waals surface area (Å²) in [7, 11) is 0. The van der Waals surface area contributed by atoms with Gasteiger partial charge in [0.25, 0.3) is 5.91 Å². The van der Waals surface area contributed by atoms with E-state index in [4.69, 9.17) is 4.98 Å². The molecule has 4 nitrogen and oxygen atoms in total. The molecule has 0 spiro atoms. The summed E-state index contributed by atoms with van der Waals surface area (Å²) in [6.07, 6.45) is 0. The molecule has 0 saturated carbocycles. The summed E-state index contributed by atoms with van der Waals surface area (Å²) in [5.41, 5.74) is 3.68. The van der Waals surface area contributed by atoms with Crippen LogP contribution in [0.25, 0.3) is 16.7 Å². The van der Waals surface area contributed by atoms with Gasteiger partial charge in [-0.15, -0.1) is 0 Å². The van der Waals surface area contributed by atoms with Gasteiger partial charge in [-0.2, -0.15) is 0 Å². The van der Waals surface area contributed by atoms with E-state index in [1.807, 2.05) is 65.6 Å². The molecule has 4 rings (SSSR count). The van der Waals surface area contributed by atoms with Crippen molar-refractivity contribution in [1.29, 1.82) is 0 Å².